The maximum absolute atomic E-state index is 3.80. The third-order valence-electron chi connectivity index (χ3n) is 4.29. The molecular weight excluding hydrogens is 346 g/mol. The topological polar surface area (TPSA) is 18.5 Å². The van der Waals surface area contributed by atoms with Crippen LogP contribution in [0, 0.1) is 0 Å². The molecule has 2 unspecified atom stereocenters. The molecule has 0 spiro atoms. The van der Waals surface area contributed by atoms with Crippen molar-refractivity contribution >= 4 is 27.3 Å². The molecule has 1 fully saturated rings. The highest BCUT2D eigenvalue weighted by molar-refractivity contribution is 9.11. The van der Waals surface area contributed by atoms with E-state index in [1.165, 1.54) is 34.6 Å². The lowest BCUT2D eigenvalue weighted by Crippen LogP contribution is -2.53. The van der Waals surface area contributed by atoms with Crippen molar-refractivity contribution in [1.29, 1.82) is 0 Å². The maximum Gasteiger partial charge on any atom is 0.0701 e. The SMILES string of the molecule is CCCNC(Cc1ccc(Br)s1)C1CN(C)CCCN1C. The predicted molar refractivity (Wildman–Crippen MR) is 96.3 cm³/mol. The van der Waals surface area contributed by atoms with Crippen LogP contribution >= 0.6 is 27.3 Å². The van der Waals surface area contributed by atoms with Gasteiger partial charge in [0.05, 0.1) is 3.79 Å². The minimum Gasteiger partial charge on any atom is -0.312 e. The second-order valence-corrected chi connectivity index (χ2v) is 8.68. The minimum absolute atomic E-state index is 0.529. The lowest BCUT2D eigenvalue weighted by Gasteiger charge is -2.35. The Balaban J connectivity index is 2.08. The van der Waals surface area contributed by atoms with Crippen LogP contribution in [0.3, 0.4) is 0 Å². The van der Waals surface area contributed by atoms with Gasteiger partial charge in [-0.2, -0.15) is 0 Å². The van der Waals surface area contributed by atoms with Crippen molar-refractivity contribution in [3.8, 4) is 0 Å². The van der Waals surface area contributed by atoms with E-state index in [1.54, 1.807) is 0 Å². The van der Waals surface area contributed by atoms with Crippen molar-refractivity contribution in [3.05, 3.63) is 20.8 Å². The smallest absolute Gasteiger partial charge is 0.0701 e. The molecule has 3 nitrogen and oxygen atoms in total. The van der Waals surface area contributed by atoms with E-state index in [1.807, 2.05) is 11.3 Å². The number of hydrogen-bond acceptors (Lipinski definition) is 4. The summed E-state index contributed by atoms with van der Waals surface area (Å²) in [6.07, 6.45) is 3.59. The van der Waals surface area contributed by atoms with Crippen molar-refractivity contribution < 1.29 is 0 Å². The third-order valence-corrected chi connectivity index (χ3v) is 5.93. The van der Waals surface area contributed by atoms with Gasteiger partial charge in [0.15, 0.2) is 0 Å². The standard InChI is InChI=1S/C16H28BrN3S/c1-4-8-18-14(11-13-6-7-16(17)21-13)15-12-19(2)9-5-10-20(15)3/h6-7,14-15,18H,4-5,8-12H2,1-3H3. The molecule has 0 saturated carbocycles. The van der Waals surface area contributed by atoms with Gasteiger partial charge in [-0.15, -0.1) is 11.3 Å². The van der Waals surface area contributed by atoms with Gasteiger partial charge in [0.2, 0.25) is 0 Å². The molecule has 1 saturated heterocycles. The minimum atomic E-state index is 0.529. The summed E-state index contributed by atoms with van der Waals surface area (Å²) in [6, 6.07) is 5.54. The van der Waals surface area contributed by atoms with Gasteiger partial charge in [0, 0.05) is 23.5 Å². The molecule has 1 aromatic rings. The van der Waals surface area contributed by atoms with Gasteiger partial charge in [-0.1, -0.05) is 6.92 Å². The molecule has 0 aromatic carbocycles. The fourth-order valence-electron chi connectivity index (χ4n) is 3.09. The number of likely N-dealkylation sites (N-methyl/N-ethyl adjacent to an activating group) is 2. The van der Waals surface area contributed by atoms with E-state index in [-0.39, 0.29) is 0 Å². The van der Waals surface area contributed by atoms with E-state index in [9.17, 15) is 0 Å². The summed E-state index contributed by atoms with van der Waals surface area (Å²) < 4.78 is 1.23. The zero-order valence-corrected chi connectivity index (χ0v) is 15.8. The van der Waals surface area contributed by atoms with Crippen molar-refractivity contribution in [3.63, 3.8) is 0 Å². The monoisotopic (exact) mass is 373 g/mol. The highest BCUT2D eigenvalue weighted by Gasteiger charge is 2.28. The summed E-state index contributed by atoms with van der Waals surface area (Å²) in [4.78, 5) is 6.51. The molecule has 1 aromatic heterocycles. The Kier molecular flexibility index (Phi) is 7.16. The highest BCUT2D eigenvalue weighted by atomic mass is 79.9. The first-order valence-electron chi connectivity index (χ1n) is 7.96. The first-order valence-corrected chi connectivity index (χ1v) is 9.57. The van der Waals surface area contributed by atoms with E-state index in [2.05, 4.69) is 64.2 Å². The fourth-order valence-corrected chi connectivity index (χ4v) is 4.63. The van der Waals surface area contributed by atoms with E-state index in [0.29, 0.717) is 12.1 Å². The molecular formula is C16H28BrN3S. The van der Waals surface area contributed by atoms with Crippen molar-refractivity contribution in [2.75, 3.05) is 40.3 Å². The normalized spacial score (nSPS) is 23.1. The van der Waals surface area contributed by atoms with Crippen LogP contribution < -0.4 is 5.32 Å². The average Bonchev–Trinajstić information content (AvgIpc) is 2.78. The molecule has 5 heteroatoms. The van der Waals surface area contributed by atoms with Crippen molar-refractivity contribution in [1.82, 2.24) is 15.1 Å². The largest absolute Gasteiger partial charge is 0.312 e. The quantitative estimate of drug-likeness (QED) is 0.826. The molecule has 21 heavy (non-hydrogen) atoms. The Bertz CT molecular complexity index is 423. The molecule has 2 atom stereocenters. The van der Waals surface area contributed by atoms with Crippen LogP contribution in [0.15, 0.2) is 15.9 Å². The lowest BCUT2D eigenvalue weighted by atomic mass is 10.0. The molecule has 0 aliphatic carbocycles. The fraction of sp³-hybridized carbons (Fsp3) is 0.750. The Morgan fingerprint density at radius 1 is 1.38 bits per heavy atom. The summed E-state index contributed by atoms with van der Waals surface area (Å²) in [6.45, 7) is 6.92. The molecule has 1 aliphatic heterocycles. The van der Waals surface area contributed by atoms with E-state index in [0.717, 1.165) is 19.5 Å². The maximum atomic E-state index is 3.80. The van der Waals surface area contributed by atoms with Crippen LogP contribution in [-0.4, -0.2) is 62.2 Å². The average molecular weight is 374 g/mol. The summed E-state index contributed by atoms with van der Waals surface area (Å²) >= 11 is 5.45. The first kappa shape index (κ1) is 17.4. The van der Waals surface area contributed by atoms with E-state index < -0.39 is 0 Å². The third kappa shape index (κ3) is 5.32. The number of nitrogens with zero attached hydrogens (tertiary/aromatic N) is 2. The summed E-state index contributed by atoms with van der Waals surface area (Å²) in [7, 11) is 4.54. The number of hydrogen-bond donors (Lipinski definition) is 1. The number of halogens is 1. The Morgan fingerprint density at radius 2 is 2.19 bits per heavy atom. The highest BCUT2D eigenvalue weighted by Crippen LogP contribution is 2.24. The Labute approximate surface area is 141 Å². The number of thiophene rings is 1. The molecule has 2 rings (SSSR count). The summed E-state index contributed by atoms with van der Waals surface area (Å²) in [5.41, 5.74) is 0. The van der Waals surface area contributed by atoms with Crippen LogP contribution in [0.2, 0.25) is 0 Å². The molecule has 120 valence electrons. The molecule has 0 bridgehead atoms. The van der Waals surface area contributed by atoms with E-state index in [4.69, 9.17) is 0 Å². The molecule has 1 N–H and O–H groups in total. The molecule has 0 amide bonds. The molecule has 1 aliphatic rings. The second kappa shape index (κ2) is 8.63. The zero-order chi connectivity index (χ0) is 15.2. The Morgan fingerprint density at radius 3 is 2.86 bits per heavy atom. The van der Waals surface area contributed by atoms with Crippen LogP contribution in [0.25, 0.3) is 0 Å². The molecule has 2 heterocycles. The summed E-state index contributed by atoms with van der Waals surface area (Å²) in [5, 5.41) is 3.80. The van der Waals surface area contributed by atoms with Gasteiger partial charge >= 0.3 is 0 Å². The number of nitrogens with one attached hydrogen (secondary N) is 1. The first-order chi connectivity index (χ1) is 10.1. The Hall–Kier alpha value is 0.0600. The van der Waals surface area contributed by atoms with E-state index >= 15 is 0 Å². The lowest BCUT2D eigenvalue weighted by molar-refractivity contribution is 0.177. The zero-order valence-electron chi connectivity index (χ0n) is 13.4. The van der Waals surface area contributed by atoms with Crippen LogP contribution in [0.4, 0.5) is 0 Å². The predicted octanol–water partition coefficient (Wildman–Crippen LogP) is 3.06. The summed E-state index contributed by atoms with van der Waals surface area (Å²) in [5.74, 6) is 0. The van der Waals surface area contributed by atoms with Crippen LogP contribution in [-0.2, 0) is 6.42 Å². The van der Waals surface area contributed by atoms with Gasteiger partial charge in [-0.3, -0.25) is 0 Å². The van der Waals surface area contributed by atoms with Crippen molar-refractivity contribution in [2.45, 2.75) is 38.3 Å². The van der Waals surface area contributed by atoms with Gasteiger partial charge in [-0.25, -0.2) is 0 Å². The second-order valence-electron chi connectivity index (χ2n) is 6.13. The van der Waals surface area contributed by atoms with Gasteiger partial charge in [0.1, 0.15) is 0 Å². The van der Waals surface area contributed by atoms with Crippen LogP contribution in [0.1, 0.15) is 24.6 Å². The van der Waals surface area contributed by atoms with Crippen LogP contribution in [0.5, 0.6) is 0 Å². The molecule has 0 radical (unpaired) electrons. The van der Waals surface area contributed by atoms with Gasteiger partial charge in [0.25, 0.3) is 0 Å². The number of rotatable bonds is 6. The van der Waals surface area contributed by atoms with Gasteiger partial charge in [-0.05, 0) is 81.1 Å². The van der Waals surface area contributed by atoms with Crippen molar-refractivity contribution in [2.24, 2.45) is 0 Å². The van der Waals surface area contributed by atoms with Gasteiger partial charge < -0.3 is 15.1 Å².